The van der Waals surface area contributed by atoms with Crippen molar-refractivity contribution in [2.24, 2.45) is 5.73 Å². The summed E-state index contributed by atoms with van der Waals surface area (Å²) in [6, 6.07) is -0.363. The van der Waals surface area contributed by atoms with Gasteiger partial charge in [-0.15, -0.1) is 0 Å². The zero-order chi connectivity index (χ0) is 12.9. The molecule has 0 unspecified atom stereocenters. The van der Waals surface area contributed by atoms with Crippen molar-refractivity contribution in [2.45, 2.75) is 57.0 Å². The number of carbonyl (C=O) groups excluding carboxylic acids is 1. The number of rotatable bonds is 5. The molecular weight excluding hydrogens is 214 g/mol. The fraction of sp³-hybridized carbons (Fsp3) is 0.923. The summed E-state index contributed by atoms with van der Waals surface area (Å²) < 4.78 is 0. The van der Waals surface area contributed by atoms with Crippen molar-refractivity contribution in [3.8, 4) is 0 Å². The Bertz CT molecular complexity index is 247. The number of nitrogens with zero attached hydrogens (tertiary/aromatic N) is 1. The van der Waals surface area contributed by atoms with Crippen LogP contribution in [0.1, 0.15) is 45.4 Å². The quantitative estimate of drug-likeness (QED) is 0.758. The predicted molar refractivity (Wildman–Crippen MR) is 70.8 cm³/mol. The number of nitrogens with one attached hydrogen (secondary N) is 1. The van der Waals surface area contributed by atoms with Crippen molar-refractivity contribution in [3.05, 3.63) is 0 Å². The molecule has 0 spiro atoms. The van der Waals surface area contributed by atoms with Gasteiger partial charge in [0.05, 0.1) is 6.04 Å². The maximum atomic E-state index is 11.7. The molecule has 100 valence electrons. The van der Waals surface area contributed by atoms with Gasteiger partial charge in [-0.3, -0.25) is 4.79 Å². The molecule has 0 heterocycles. The molecule has 4 nitrogen and oxygen atoms in total. The Labute approximate surface area is 105 Å². The molecule has 1 aliphatic carbocycles. The summed E-state index contributed by atoms with van der Waals surface area (Å²) in [5.41, 5.74) is 5.87. The maximum absolute atomic E-state index is 11.7. The second-order valence-electron chi connectivity index (χ2n) is 5.41. The highest BCUT2D eigenvalue weighted by Gasteiger charge is 2.34. The van der Waals surface area contributed by atoms with Crippen LogP contribution in [0.5, 0.6) is 0 Å². The van der Waals surface area contributed by atoms with E-state index in [2.05, 4.69) is 24.3 Å². The van der Waals surface area contributed by atoms with Gasteiger partial charge in [-0.25, -0.2) is 0 Å². The topological polar surface area (TPSA) is 58.4 Å². The van der Waals surface area contributed by atoms with E-state index >= 15 is 0 Å². The first-order valence-corrected chi connectivity index (χ1v) is 6.72. The van der Waals surface area contributed by atoms with E-state index in [0.29, 0.717) is 6.42 Å². The summed E-state index contributed by atoms with van der Waals surface area (Å²) in [6.07, 6.45) is 6.86. The molecule has 1 saturated carbocycles. The van der Waals surface area contributed by atoms with Crippen LogP contribution in [0.15, 0.2) is 0 Å². The molecular formula is C13H27N3O. The molecule has 1 amide bonds. The van der Waals surface area contributed by atoms with E-state index in [9.17, 15) is 4.79 Å². The van der Waals surface area contributed by atoms with E-state index in [1.54, 1.807) is 0 Å². The van der Waals surface area contributed by atoms with Crippen molar-refractivity contribution in [3.63, 3.8) is 0 Å². The van der Waals surface area contributed by atoms with Crippen LogP contribution in [0, 0.1) is 0 Å². The zero-order valence-electron chi connectivity index (χ0n) is 11.5. The second kappa shape index (κ2) is 6.36. The summed E-state index contributed by atoms with van der Waals surface area (Å²) in [7, 11) is 4.22. The van der Waals surface area contributed by atoms with Crippen LogP contribution in [0.2, 0.25) is 0 Å². The minimum atomic E-state index is -0.363. The summed E-state index contributed by atoms with van der Waals surface area (Å²) in [6.45, 7) is 2.67. The van der Waals surface area contributed by atoms with Gasteiger partial charge >= 0.3 is 0 Å². The van der Waals surface area contributed by atoms with Crippen LogP contribution < -0.4 is 11.1 Å². The Morgan fingerprint density at radius 3 is 2.41 bits per heavy atom. The van der Waals surface area contributed by atoms with Crippen LogP contribution in [-0.4, -0.2) is 43.0 Å². The lowest BCUT2D eigenvalue weighted by Crippen LogP contribution is -2.55. The van der Waals surface area contributed by atoms with E-state index in [1.165, 1.54) is 32.1 Å². The molecule has 0 aromatic rings. The van der Waals surface area contributed by atoms with Crippen LogP contribution in [0.25, 0.3) is 0 Å². The summed E-state index contributed by atoms with van der Waals surface area (Å²) in [5.74, 6) is -0.0145. The first-order chi connectivity index (χ1) is 8.02. The SMILES string of the molecule is CC[C@@H](N)C(=O)NCC1(N(C)C)CCCCC1. The Balaban J connectivity index is 2.53. The minimum Gasteiger partial charge on any atom is -0.353 e. The van der Waals surface area contributed by atoms with Crippen LogP contribution >= 0.6 is 0 Å². The first-order valence-electron chi connectivity index (χ1n) is 6.72. The molecule has 0 radical (unpaired) electrons. The molecule has 1 aliphatic rings. The monoisotopic (exact) mass is 241 g/mol. The number of likely N-dealkylation sites (N-methyl/N-ethyl adjacent to an activating group) is 1. The molecule has 17 heavy (non-hydrogen) atoms. The summed E-state index contributed by atoms with van der Waals surface area (Å²) in [4.78, 5) is 14.0. The molecule has 3 N–H and O–H groups in total. The Kier molecular flexibility index (Phi) is 5.40. The molecule has 0 aromatic heterocycles. The average molecular weight is 241 g/mol. The highest BCUT2D eigenvalue weighted by molar-refractivity contribution is 5.81. The van der Waals surface area contributed by atoms with Gasteiger partial charge in [0.1, 0.15) is 0 Å². The van der Waals surface area contributed by atoms with Crippen LogP contribution in [0.3, 0.4) is 0 Å². The zero-order valence-corrected chi connectivity index (χ0v) is 11.5. The lowest BCUT2D eigenvalue weighted by atomic mass is 9.80. The number of nitrogens with two attached hydrogens (primary N) is 1. The largest absolute Gasteiger partial charge is 0.353 e. The fourth-order valence-electron chi connectivity index (χ4n) is 2.56. The van der Waals surface area contributed by atoms with Gasteiger partial charge in [0, 0.05) is 12.1 Å². The summed E-state index contributed by atoms with van der Waals surface area (Å²) in [5, 5.41) is 3.02. The third-order valence-corrected chi connectivity index (χ3v) is 4.10. The van der Waals surface area contributed by atoms with Gasteiger partial charge in [-0.1, -0.05) is 26.2 Å². The van der Waals surface area contributed by atoms with Gasteiger partial charge in [0.2, 0.25) is 5.91 Å². The molecule has 1 atom stereocenters. The van der Waals surface area contributed by atoms with Crippen molar-refractivity contribution in [1.29, 1.82) is 0 Å². The highest BCUT2D eigenvalue weighted by Crippen LogP contribution is 2.31. The van der Waals surface area contributed by atoms with E-state index < -0.39 is 0 Å². The van der Waals surface area contributed by atoms with E-state index in [4.69, 9.17) is 5.73 Å². The predicted octanol–water partition coefficient (Wildman–Crippen LogP) is 1.10. The normalized spacial score (nSPS) is 21.2. The van der Waals surface area contributed by atoms with Crippen molar-refractivity contribution in [1.82, 2.24) is 10.2 Å². The average Bonchev–Trinajstić information content (AvgIpc) is 2.35. The van der Waals surface area contributed by atoms with Crippen molar-refractivity contribution in [2.75, 3.05) is 20.6 Å². The molecule has 0 aromatic carbocycles. The smallest absolute Gasteiger partial charge is 0.236 e. The molecule has 0 bridgehead atoms. The third-order valence-electron chi connectivity index (χ3n) is 4.10. The summed E-state index contributed by atoms with van der Waals surface area (Å²) >= 11 is 0. The van der Waals surface area contributed by atoms with Crippen LogP contribution in [0.4, 0.5) is 0 Å². The maximum Gasteiger partial charge on any atom is 0.236 e. The number of carbonyl (C=O) groups is 1. The minimum absolute atomic E-state index is 0.0145. The third kappa shape index (κ3) is 3.68. The lowest BCUT2D eigenvalue weighted by molar-refractivity contribution is -0.123. The first kappa shape index (κ1) is 14.5. The van der Waals surface area contributed by atoms with Gasteiger partial charge < -0.3 is 16.0 Å². The second-order valence-corrected chi connectivity index (χ2v) is 5.41. The van der Waals surface area contributed by atoms with Gasteiger partial charge in [0.15, 0.2) is 0 Å². The van der Waals surface area contributed by atoms with Crippen LogP contribution in [-0.2, 0) is 4.79 Å². The molecule has 1 fully saturated rings. The number of hydrogen-bond acceptors (Lipinski definition) is 3. The molecule has 1 rings (SSSR count). The van der Waals surface area contributed by atoms with E-state index in [0.717, 1.165) is 6.54 Å². The lowest BCUT2D eigenvalue weighted by Gasteiger charge is -2.43. The number of hydrogen-bond donors (Lipinski definition) is 2. The van der Waals surface area contributed by atoms with Gasteiger partial charge in [-0.2, -0.15) is 0 Å². The van der Waals surface area contributed by atoms with E-state index in [1.807, 2.05) is 6.92 Å². The molecule has 0 aliphatic heterocycles. The van der Waals surface area contributed by atoms with Gasteiger partial charge in [-0.05, 0) is 33.4 Å². The molecule has 0 saturated heterocycles. The Hall–Kier alpha value is -0.610. The standard InChI is InChI=1S/C13H27N3O/c1-4-11(14)12(17)15-10-13(16(2)3)8-6-5-7-9-13/h11H,4-10,14H2,1-3H3,(H,15,17)/t11-/m1/s1. The Morgan fingerprint density at radius 1 is 1.35 bits per heavy atom. The fourth-order valence-corrected chi connectivity index (χ4v) is 2.56. The van der Waals surface area contributed by atoms with Crippen molar-refractivity contribution < 1.29 is 4.79 Å². The number of amides is 1. The van der Waals surface area contributed by atoms with Crippen molar-refractivity contribution >= 4 is 5.91 Å². The van der Waals surface area contributed by atoms with E-state index in [-0.39, 0.29) is 17.5 Å². The Morgan fingerprint density at radius 2 is 1.94 bits per heavy atom. The van der Waals surface area contributed by atoms with Gasteiger partial charge in [0.25, 0.3) is 0 Å². The highest BCUT2D eigenvalue weighted by atomic mass is 16.2. The molecule has 4 heteroatoms.